The predicted octanol–water partition coefficient (Wildman–Crippen LogP) is 0.863. The number of carbonyl (C=O) groups is 3. The molecule has 0 spiro atoms. The zero-order chi connectivity index (χ0) is 17.9. The number of carbonyl (C=O) groups excluding carboxylic acids is 3. The highest BCUT2D eigenvalue weighted by molar-refractivity contribution is 7.91. The Hall–Kier alpha value is -2.22. The predicted molar refractivity (Wildman–Crippen MR) is 89.5 cm³/mol. The van der Waals surface area contributed by atoms with E-state index in [0.717, 1.165) is 0 Å². The van der Waals surface area contributed by atoms with Crippen molar-refractivity contribution >= 4 is 33.1 Å². The Morgan fingerprint density at radius 3 is 2.58 bits per heavy atom. The number of ketones is 1. The van der Waals surface area contributed by atoms with Crippen LogP contribution in [0.15, 0.2) is 24.3 Å². The average Bonchev–Trinajstić information content (AvgIpc) is 2.86. The fourth-order valence-electron chi connectivity index (χ4n) is 2.57. The van der Waals surface area contributed by atoms with Gasteiger partial charge in [-0.25, -0.2) is 8.42 Å². The van der Waals surface area contributed by atoms with Crippen molar-refractivity contribution in [2.45, 2.75) is 25.8 Å². The van der Waals surface area contributed by atoms with Crippen LogP contribution in [0.1, 0.15) is 30.1 Å². The Bertz CT molecular complexity index is 772. The monoisotopic (exact) mass is 352 g/mol. The molecule has 1 saturated heterocycles. The van der Waals surface area contributed by atoms with E-state index in [9.17, 15) is 22.8 Å². The van der Waals surface area contributed by atoms with Crippen molar-refractivity contribution in [3.8, 4) is 0 Å². The first-order chi connectivity index (χ1) is 11.2. The zero-order valence-corrected chi connectivity index (χ0v) is 14.4. The van der Waals surface area contributed by atoms with E-state index in [4.69, 9.17) is 0 Å². The molecule has 1 heterocycles. The van der Waals surface area contributed by atoms with Crippen molar-refractivity contribution in [1.82, 2.24) is 4.90 Å². The molecule has 0 aliphatic carbocycles. The second-order valence-electron chi connectivity index (χ2n) is 5.92. The van der Waals surface area contributed by atoms with Crippen molar-refractivity contribution in [3.63, 3.8) is 0 Å². The molecule has 1 atom stereocenters. The van der Waals surface area contributed by atoms with Crippen LogP contribution >= 0.6 is 0 Å². The molecule has 1 aliphatic heterocycles. The summed E-state index contributed by atoms with van der Waals surface area (Å²) >= 11 is 0. The molecule has 1 aliphatic rings. The van der Waals surface area contributed by atoms with Gasteiger partial charge in [0.2, 0.25) is 11.8 Å². The van der Waals surface area contributed by atoms with E-state index in [-0.39, 0.29) is 29.8 Å². The van der Waals surface area contributed by atoms with Crippen LogP contribution in [0.5, 0.6) is 0 Å². The van der Waals surface area contributed by atoms with Crippen molar-refractivity contribution in [2.24, 2.45) is 0 Å². The van der Waals surface area contributed by atoms with Gasteiger partial charge in [0.15, 0.2) is 15.6 Å². The highest BCUT2D eigenvalue weighted by Crippen LogP contribution is 2.17. The Kier molecular flexibility index (Phi) is 5.38. The summed E-state index contributed by atoms with van der Waals surface area (Å²) in [6.45, 7) is 1.43. The number of sulfone groups is 1. The molecule has 0 aromatic heterocycles. The maximum atomic E-state index is 12.1. The van der Waals surface area contributed by atoms with E-state index < -0.39 is 21.7 Å². The van der Waals surface area contributed by atoms with Gasteiger partial charge in [-0.05, 0) is 25.5 Å². The first-order valence-corrected chi connectivity index (χ1v) is 9.37. The molecule has 0 bridgehead atoms. The summed E-state index contributed by atoms with van der Waals surface area (Å²) in [4.78, 5) is 36.8. The van der Waals surface area contributed by atoms with Gasteiger partial charge in [-0.2, -0.15) is 0 Å². The number of anilines is 1. The number of hydrogen-bond acceptors (Lipinski definition) is 5. The number of amides is 2. The van der Waals surface area contributed by atoms with E-state index in [0.29, 0.717) is 17.7 Å². The molecule has 1 aromatic carbocycles. The molecule has 7 nitrogen and oxygen atoms in total. The molecule has 1 fully saturated rings. The van der Waals surface area contributed by atoms with Gasteiger partial charge in [0.1, 0.15) is 6.42 Å². The number of nitrogens with zero attached hydrogens (tertiary/aromatic N) is 1. The summed E-state index contributed by atoms with van der Waals surface area (Å²) in [5.41, 5.74) is 0.902. The van der Waals surface area contributed by atoms with Crippen molar-refractivity contribution < 1.29 is 22.8 Å². The minimum absolute atomic E-state index is 0.0580. The Labute approximate surface area is 140 Å². The lowest BCUT2D eigenvalue weighted by Gasteiger charge is -2.23. The van der Waals surface area contributed by atoms with Crippen LogP contribution in [-0.4, -0.2) is 55.5 Å². The van der Waals surface area contributed by atoms with E-state index >= 15 is 0 Å². The fourth-order valence-corrected chi connectivity index (χ4v) is 4.34. The molecule has 8 heteroatoms. The molecule has 1 aromatic rings. The van der Waals surface area contributed by atoms with Crippen LogP contribution in [0.3, 0.4) is 0 Å². The Morgan fingerprint density at radius 2 is 2.00 bits per heavy atom. The standard InChI is InChI=1S/C16H20N2O5S/c1-11(19)12-4-3-5-13(8-12)17-15(20)9-16(21)18(2)14-6-7-24(22,23)10-14/h3-5,8,14H,6-7,9-10H2,1-2H3,(H,17,20). The summed E-state index contributed by atoms with van der Waals surface area (Å²) in [6, 6.07) is 6.07. The van der Waals surface area contributed by atoms with Gasteiger partial charge in [-0.1, -0.05) is 12.1 Å². The molecule has 0 saturated carbocycles. The molecule has 1 N–H and O–H groups in total. The lowest BCUT2D eigenvalue weighted by atomic mass is 10.1. The lowest BCUT2D eigenvalue weighted by Crippen LogP contribution is -2.39. The van der Waals surface area contributed by atoms with Gasteiger partial charge < -0.3 is 10.2 Å². The highest BCUT2D eigenvalue weighted by Gasteiger charge is 2.33. The topological polar surface area (TPSA) is 101 Å². The number of benzene rings is 1. The maximum absolute atomic E-state index is 12.1. The lowest BCUT2D eigenvalue weighted by molar-refractivity contribution is -0.134. The van der Waals surface area contributed by atoms with Crippen LogP contribution in [0.25, 0.3) is 0 Å². The fraction of sp³-hybridized carbons (Fsp3) is 0.438. The third-order valence-corrected chi connectivity index (χ3v) is 5.76. The van der Waals surface area contributed by atoms with E-state index in [1.165, 1.54) is 24.9 Å². The molecular weight excluding hydrogens is 332 g/mol. The average molecular weight is 352 g/mol. The SMILES string of the molecule is CC(=O)c1cccc(NC(=O)CC(=O)N(C)C2CCS(=O)(=O)C2)c1. The minimum atomic E-state index is -3.09. The van der Waals surface area contributed by atoms with Crippen LogP contribution < -0.4 is 5.32 Å². The summed E-state index contributed by atoms with van der Waals surface area (Å²) < 4.78 is 22.9. The molecule has 1 unspecified atom stereocenters. The largest absolute Gasteiger partial charge is 0.341 e. The van der Waals surface area contributed by atoms with Gasteiger partial charge in [-0.3, -0.25) is 14.4 Å². The maximum Gasteiger partial charge on any atom is 0.233 e. The third kappa shape index (κ3) is 4.64. The van der Waals surface area contributed by atoms with Gasteiger partial charge in [0, 0.05) is 24.3 Å². The molecule has 2 rings (SSSR count). The van der Waals surface area contributed by atoms with Gasteiger partial charge in [0.25, 0.3) is 0 Å². The minimum Gasteiger partial charge on any atom is -0.341 e. The quantitative estimate of drug-likeness (QED) is 0.626. The van der Waals surface area contributed by atoms with Crippen LogP contribution in [0, 0.1) is 0 Å². The highest BCUT2D eigenvalue weighted by atomic mass is 32.2. The smallest absolute Gasteiger partial charge is 0.233 e. The van der Waals surface area contributed by atoms with Crippen LogP contribution in [-0.2, 0) is 19.4 Å². The second-order valence-corrected chi connectivity index (χ2v) is 8.15. The van der Waals surface area contributed by atoms with E-state index in [2.05, 4.69) is 5.32 Å². The molecule has 0 radical (unpaired) electrons. The first kappa shape index (κ1) is 18.1. The Balaban J connectivity index is 1.93. The summed E-state index contributed by atoms with van der Waals surface area (Å²) in [5, 5.41) is 2.57. The molecule has 24 heavy (non-hydrogen) atoms. The number of Topliss-reactive ketones (excluding diaryl/α,β-unsaturated/α-hetero) is 1. The zero-order valence-electron chi connectivity index (χ0n) is 13.6. The first-order valence-electron chi connectivity index (χ1n) is 7.55. The molecule has 2 amide bonds. The third-order valence-electron chi connectivity index (χ3n) is 4.01. The van der Waals surface area contributed by atoms with Crippen molar-refractivity contribution in [3.05, 3.63) is 29.8 Å². The molecule has 130 valence electrons. The van der Waals surface area contributed by atoms with Gasteiger partial charge >= 0.3 is 0 Å². The van der Waals surface area contributed by atoms with E-state index in [1.54, 1.807) is 18.2 Å². The summed E-state index contributed by atoms with van der Waals surface area (Å²) in [6.07, 6.45) is 0.0181. The number of hydrogen-bond donors (Lipinski definition) is 1. The Morgan fingerprint density at radius 1 is 1.29 bits per heavy atom. The number of rotatable bonds is 5. The second kappa shape index (κ2) is 7.12. The van der Waals surface area contributed by atoms with Crippen LogP contribution in [0.4, 0.5) is 5.69 Å². The number of nitrogens with one attached hydrogen (secondary N) is 1. The summed E-state index contributed by atoms with van der Waals surface area (Å²) in [5.74, 6) is -1.05. The van der Waals surface area contributed by atoms with E-state index in [1.807, 2.05) is 0 Å². The van der Waals surface area contributed by atoms with Gasteiger partial charge in [-0.15, -0.1) is 0 Å². The van der Waals surface area contributed by atoms with Gasteiger partial charge in [0.05, 0.1) is 11.5 Å². The van der Waals surface area contributed by atoms with Crippen molar-refractivity contribution in [1.29, 1.82) is 0 Å². The normalized spacial score (nSPS) is 18.8. The molecular formula is C16H20N2O5S. The van der Waals surface area contributed by atoms with Crippen molar-refractivity contribution in [2.75, 3.05) is 23.9 Å². The van der Waals surface area contributed by atoms with Crippen LogP contribution in [0.2, 0.25) is 0 Å². The summed E-state index contributed by atoms with van der Waals surface area (Å²) in [7, 11) is -1.58.